The van der Waals surface area contributed by atoms with Gasteiger partial charge in [0.05, 0.1) is 12.2 Å². The Morgan fingerprint density at radius 1 is 1.71 bits per heavy atom. The number of amides is 1. The molecule has 0 radical (unpaired) electrons. The Hall–Kier alpha value is -1.32. The molecule has 1 heterocycles. The second-order valence-corrected chi connectivity index (χ2v) is 3.89. The van der Waals surface area contributed by atoms with Crippen LogP contribution in [0.3, 0.4) is 0 Å². The summed E-state index contributed by atoms with van der Waals surface area (Å²) in [6.45, 7) is 2.55. The van der Waals surface area contributed by atoms with E-state index in [4.69, 9.17) is 0 Å². The molecule has 0 atom stereocenters. The number of nitrogens with one attached hydrogen (secondary N) is 1. The summed E-state index contributed by atoms with van der Waals surface area (Å²) in [5.41, 5.74) is 2.04. The first-order chi connectivity index (χ1) is 6.66. The summed E-state index contributed by atoms with van der Waals surface area (Å²) in [6, 6.07) is 1.99. The molecule has 1 aromatic heterocycles. The number of hydrogen-bond donors (Lipinski definition) is 1. The molecule has 0 saturated heterocycles. The minimum atomic E-state index is 0.174. The highest BCUT2D eigenvalue weighted by Crippen LogP contribution is 2.28. The Labute approximate surface area is 83.3 Å². The highest BCUT2D eigenvalue weighted by molar-refractivity contribution is 5.80. The molecule has 0 aromatic carbocycles. The third kappa shape index (κ3) is 1.95. The topological polar surface area (TPSA) is 46.9 Å². The van der Waals surface area contributed by atoms with Crippen molar-refractivity contribution in [3.63, 3.8) is 0 Å². The molecule has 0 bridgehead atoms. The maximum absolute atomic E-state index is 11.3. The van der Waals surface area contributed by atoms with Gasteiger partial charge in [-0.1, -0.05) is 0 Å². The van der Waals surface area contributed by atoms with Crippen molar-refractivity contribution in [3.8, 4) is 0 Å². The van der Waals surface area contributed by atoms with Gasteiger partial charge in [0.15, 0.2) is 0 Å². The minimum absolute atomic E-state index is 0.174. The first-order valence-corrected chi connectivity index (χ1v) is 4.94. The van der Waals surface area contributed by atoms with E-state index in [0.717, 1.165) is 24.2 Å². The quantitative estimate of drug-likeness (QED) is 0.770. The Kier molecular flexibility index (Phi) is 2.27. The number of aromatic nitrogens is 2. The molecular formula is C10H15N3O. The van der Waals surface area contributed by atoms with Gasteiger partial charge in [-0.05, 0) is 25.8 Å². The van der Waals surface area contributed by atoms with Crippen LogP contribution >= 0.6 is 0 Å². The van der Waals surface area contributed by atoms with Crippen molar-refractivity contribution >= 4 is 5.91 Å². The third-order valence-corrected chi connectivity index (χ3v) is 2.56. The van der Waals surface area contributed by atoms with Gasteiger partial charge in [-0.25, -0.2) is 0 Å². The molecular weight excluding hydrogens is 178 g/mol. The van der Waals surface area contributed by atoms with E-state index in [0.29, 0.717) is 6.54 Å². The molecule has 1 aromatic rings. The number of nitrogens with zero attached hydrogens (tertiary/aromatic N) is 2. The van der Waals surface area contributed by atoms with Crippen LogP contribution in [0.25, 0.3) is 0 Å². The van der Waals surface area contributed by atoms with E-state index in [9.17, 15) is 4.79 Å². The molecule has 14 heavy (non-hydrogen) atoms. The molecule has 76 valence electrons. The summed E-state index contributed by atoms with van der Waals surface area (Å²) in [6.07, 6.45) is 2.10. The van der Waals surface area contributed by atoms with Gasteiger partial charge in [-0.2, -0.15) is 5.10 Å². The van der Waals surface area contributed by atoms with E-state index >= 15 is 0 Å². The van der Waals surface area contributed by atoms with Crippen molar-refractivity contribution < 1.29 is 4.79 Å². The van der Waals surface area contributed by atoms with Crippen molar-refractivity contribution in [2.24, 2.45) is 13.0 Å². The monoisotopic (exact) mass is 193 g/mol. The molecule has 2 rings (SSSR count). The molecule has 1 fully saturated rings. The molecule has 1 N–H and O–H groups in total. The lowest BCUT2D eigenvalue weighted by Crippen LogP contribution is -2.24. The van der Waals surface area contributed by atoms with Gasteiger partial charge in [-0.3, -0.25) is 9.48 Å². The maximum Gasteiger partial charge on any atom is 0.223 e. The zero-order valence-electron chi connectivity index (χ0n) is 8.58. The van der Waals surface area contributed by atoms with Gasteiger partial charge in [0.2, 0.25) is 5.91 Å². The Bertz CT molecular complexity index is 333. The molecule has 4 nitrogen and oxygen atoms in total. The van der Waals surface area contributed by atoms with Crippen LogP contribution < -0.4 is 5.32 Å². The zero-order valence-corrected chi connectivity index (χ0v) is 8.58. The Morgan fingerprint density at radius 3 is 2.93 bits per heavy atom. The lowest BCUT2D eigenvalue weighted by atomic mass is 10.3. The molecule has 1 aliphatic rings. The fourth-order valence-corrected chi connectivity index (χ4v) is 1.39. The van der Waals surface area contributed by atoms with Crippen molar-refractivity contribution in [2.75, 3.05) is 0 Å². The van der Waals surface area contributed by atoms with Gasteiger partial charge in [0, 0.05) is 18.7 Å². The molecule has 0 unspecified atom stereocenters. The largest absolute Gasteiger partial charge is 0.350 e. The van der Waals surface area contributed by atoms with Crippen molar-refractivity contribution in [2.45, 2.75) is 26.3 Å². The van der Waals surface area contributed by atoms with Crippen molar-refractivity contribution in [3.05, 3.63) is 17.5 Å². The SMILES string of the molecule is Cc1cc(CNC(=O)C2CC2)nn1C. The van der Waals surface area contributed by atoms with E-state index in [1.54, 1.807) is 0 Å². The second kappa shape index (κ2) is 3.44. The molecule has 1 saturated carbocycles. The fourth-order valence-electron chi connectivity index (χ4n) is 1.39. The van der Waals surface area contributed by atoms with Crippen molar-refractivity contribution in [1.29, 1.82) is 0 Å². The second-order valence-electron chi connectivity index (χ2n) is 3.89. The minimum Gasteiger partial charge on any atom is -0.350 e. The van der Waals surface area contributed by atoms with Gasteiger partial charge < -0.3 is 5.32 Å². The average Bonchev–Trinajstić information content (AvgIpc) is 2.92. The van der Waals surface area contributed by atoms with Crippen LogP contribution in [0.15, 0.2) is 6.07 Å². The van der Waals surface area contributed by atoms with E-state index in [-0.39, 0.29) is 11.8 Å². The first-order valence-electron chi connectivity index (χ1n) is 4.94. The van der Waals surface area contributed by atoms with Crippen LogP contribution in [0, 0.1) is 12.8 Å². The maximum atomic E-state index is 11.3. The Balaban J connectivity index is 1.87. The highest BCUT2D eigenvalue weighted by atomic mass is 16.2. The van der Waals surface area contributed by atoms with Crippen LogP contribution in [-0.2, 0) is 18.4 Å². The van der Waals surface area contributed by atoms with Crippen LogP contribution in [0.2, 0.25) is 0 Å². The lowest BCUT2D eigenvalue weighted by Gasteiger charge is -2.00. The van der Waals surface area contributed by atoms with Gasteiger partial charge >= 0.3 is 0 Å². The third-order valence-electron chi connectivity index (χ3n) is 2.56. The first kappa shape index (κ1) is 9.24. The van der Waals surface area contributed by atoms with Gasteiger partial charge in [-0.15, -0.1) is 0 Å². The van der Waals surface area contributed by atoms with E-state index in [1.165, 1.54) is 0 Å². The standard InChI is InChI=1S/C10H15N3O/c1-7-5-9(12-13(7)2)6-11-10(14)8-3-4-8/h5,8H,3-4,6H2,1-2H3,(H,11,14). The molecule has 1 amide bonds. The van der Waals surface area contributed by atoms with Crippen LogP contribution in [-0.4, -0.2) is 15.7 Å². The van der Waals surface area contributed by atoms with Crippen LogP contribution in [0.1, 0.15) is 24.2 Å². The van der Waals surface area contributed by atoms with Crippen LogP contribution in [0.4, 0.5) is 0 Å². The number of carbonyl (C=O) groups excluding carboxylic acids is 1. The van der Waals surface area contributed by atoms with E-state index in [2.05, 4.69) is 10.4 Å². The summed E-state index contributed by atoms with van der Waals surface area (Å²) < 4.78 is 1.82. The normalized spacial score (nSPS) is 15.6. The highest BCUT2D eigenvalue weighted by Gasteiger charge is 2.29. The smallest absolute Gasteiger partial charge is 0.223 e. The molecule has 0 aliphatic heterocycles. The molecule has 0 spiro atoms. The average molecular weight is 193 g/mol. The summed E-state index contributed by atoms with van der Waals surface area (Å²) >= 11 is 0. The number of carbonyl (C=O) groups is 1. The fraction of sp³-hybridized carbons (Fsp3) is 0.600. The summed E-state index contributed by atoms with van der Waals surface area (Å²) in [5.74, 6) is 0.452. The summed E-state index contributed by atoms with van der Waals surface area (Å²) in [5, 5.41) is 7.15. The lowest BCUT2D eigenvalue weighted by molar-refractivity contribution is -0.122. The predicted molar refractivity (Wildman–Crippen MR) is 52.5 cm³/mol. The van der Waals surface area contributed by atoms with Crippen LogP contribution in [0.5, 0.6) is 0 Å². The van der Waals surface area contributed by atoms with Crippen molar-refractivity contribution in [1.82, 2.24) is 15.1 Å². The Morgan fingerprint density at radius 2 is 2.43 bits per heavy atom. The predicted octanol–water partition coefficient (Wildman–Crippen LogP) is 0.755. The molecule has 4 heteroatoms. The number of rotatable bonds is 3. The van der Waals surface area contributed by atoms with E-state index in [1.807, 2.05) is 24.7 Å². The van der Waals surface area contributed by atoms with Gasteiger partial charge in [0.1, 0.15) is 0 Å². The zero-order chi connectivity index (χ0) is 10.1. The van der Waals surface area contributed by atoms with Gasteiger partial charge in [0.25, 0.3) is 0 Å². The summed E-state index contributed by atoms with van der Waals surface area (Å²) in [7, 11) is 1.90. The number of aryl methyl sites for hydroxylation is 2. The molecule has 1 aliphatic carbocycles. The summed E-state index contributed by atoms with van der Waals surface area (Å²) in [4.78, 5) is 11.3. The van der Waals surface area contributed by atoms with E-state index < -0.39 is 0 Å². The number of hydrogen-bond acceptors (Lipinski definition) is 2.